The predicted octanol–water partition coefficient (Wildman–Crippen LogP) is 0.317. The van der Waals surface area contributed by atoms with E-state index in [1.807, 2.05) is 0 Å². The zero-order valence-electron chi connectivity index (χ0n) is 5.68. The highest BCUT2D eigenvalue weighted by atomic mass is 16.6. The maximum absolute atomic E-state index is 9.95. The van der Waals surface area contributed by atoms with Gasteiger partial charge < -0.3 is 0 Å². The molecule has 10 heavy (non-hydrogen) atoms. The highest BCUT2D eigenvalue weighted by Crippen LogP contribution is 1.99. The Kier molecular flexibility index (Phi) is 2.72. The zero-order chi connectivity index (χ0) is 8.31. The van der Waals surface area contributed by atoms with E-state index in [2.05, 4.69) is 0 Å². The van der Waals surface area contributed by atoms with Crippen LogP contribution in [0.4, 0.5) is 0 Å². The third-order valence-corrected chi connectivity index (χ3v) is 1.36. The van der Waals surface area contributed by atoms with Gasteiger partial charge in [-0.1, -0.05) is 0 Å². The fourth-order valence-corrected chi connectivity index (χ4v) is 0.352. The van der Waals surface area contributed by atoms with Crippen LogP contribution in [0.15, 0.2) is 0 Å². The van der Waals surface area contributed by atoms with Crippen LogP contribution in [-0.2, 0) is 0 Å². The highest BCUT2D eigenvalue weighted by molar-refractivity contribution is 4.55. The second-order valence-corrected chi connectivity index (χ2v) is 2.05. The molecule has 2 atom stereocenters. The van der Waals surface area contributed by atoms with Crippen molar-refractivity contribution in [2.75, 3.05) is 0 Å². The number of nitrogens with zero attached hydrogens (tertiary/aromatic N) is 2. The van der Waals surface area contributed by atoms with Crippen LogP contribution in [0.25, 0.3) is 0 Å². The molecule has 0 bridgehead atoms. The van der Waals surface area contributed by atoms with Crippen LogP contribution in [0.2, 0.25) is 0 Å². The summed E-state index contributed by atoms with van der Waals surface area (Å²) in [5, 5.41) is 19.9. The first-order chi connectivity index (χ1) is 4.46. The van der Waals surface area contributed by atoms with Crippen molar-refractivity contribution in [1.82, 2.24) is 0 Å². The van der Waals surface area contributed by atoms with Crippen molar-refractivity contribution < 1.29 is 9.85 Å². The molecule has 2 unspecified atom stereocenters. The fourth-order valence-electron chi connectivity index (χ4n) is 0.352. The van der Waals surface area contributed by atoms with Gasteiger partial charge in [0.25, 0.3) is 12.1 Å². The molecule has 6 nitrogen and oxygen atoms in total. The molecule has 58 valence electrons. The molecule has 0 saturated heterocycles. The van der Waals surface area contributed by atoms with Gasteiger partial charge in [0.2, 0.25) is 0 Å². The number of hydrogen-bond acceptors (Lipinski definition) is 4. The average molecular weight is 148 g/mol. The van der Waals surface area contributed by atoms with Crippen molar-refractivity contribution in [2.24, 2.45) is 0 Å². The number of hydrogen-bond donors (Lipinski definition) is 0. The van der Waals surface area contributed by atoms with E-state index in [0.29, 0.717) is 0 Å². The van der Waals surface area contributed by atoms with Crippen LogP contribution in [0.1, 0.15) is 13.8 Å². The van der Waals surface area contributed by atoms with Gasteiger partial charge in [-0.15, -0.1) is 0 Å². The van der Waals surface area contributed by atoms with Gasteiger partial charge in [0, 0.05) is 23.7 Å². The Hall–Kier alpha value is -1.20. The molecule has 0 aromatic heterocycles. The fraction of sp³-hybridized carbons (Fsp3) is 1.00. The molecule has 0 aliphatic carbocycles. The lowest BCUT2D eigenvalue weighted by Crippen LogP contribution is -2.34. The number of nitro groups is 2. The summed E-state index contributed by atoms with van der Waals surface area (Å²) in [7, 11) is 0. The first kappa shape index (κ1) is 8.80. The van der Waals surface area contributed by atoms with Crippen LogP contribution in [0, 0.1) is 20.2 Å². The van der Waals surface area contributed by atoms with E-state index in [4.69, 9.17) is 0 Å². The molecule has 0 radical (unpaired) electrons. The summed E-state index contributed by atoms with van der Waals surface area (Å²) in [4.78, 5) is 18.6. The molecule has 6 heteroatoms. The molecule has 0 aliphatic rings. The second kappa shape index (κ2) is 3.09. The molecule has 0 aliphatic heterocycles. The molecule has 0 aromatic rings. The van der Waals surface area contributed by atoms with Crippen LogP contribution < -0.4 is 0 Å². The van der Waals surface area contributed by atoms with E-state index in [1.54, 1.807) is 0 Å². The minimum absolute atomic E-state index is 0.659. The largest absolute Gasteiger partial charge is 0.275 e. The minimum atomic E-state index is -1.12. The van der Waals surface area contributed by atoms with Crippen molar-refractivity contribution in [3.8, 4) is 0 Å². The van der Waals surface area contributed by atoms with Gasteiger partial charge in [-0.05, 0) is 0 Å². The molecule has 0 amide bonds. The van der Waals surface area contributed by atoms with Crippen molar-refractivity contribution in [1.29, 1.82) is 0 Å². The van der Waals surface area contributed by atoms with E-state index in [-0.39, 0.29) is 0 Å². The highest BCUT2D eigenvalue weighted by Gasteiger charge is 2.31. The monoisotopic (exact) mass is 148 g/mol. The first-order valence-corrected chi connectivity index (χ1v) is 2.73. The molecule has 0 heterocycles. The van der Waals surface area contributed by atoms with E-state index in [9.17, 15) is 20.2 Å². The molecule has 0 saturated carbocycles. The average Bonchev–Trinajstić information content (AvgIpc) is 1.84. The lowest BCUT2D eigenvalue weighted by atomic mass is 10.2. The molecule has 0 rings (SSSR count). The summed E-state index contributed by atoms with van der Waals surface area (Å²) in [6, 6.07) is -2.23. The summed E-state index contributed by atoms with van der Waals surface area (Å²) in [6.45, 7) is 2.43. The van der Waals surface area contributed by atoms with Gasteiger partial charge in [-0.3, -0.25) is 20.2 Å². The van der Waals surface area contributed by atoms with Crippen LogP contribution in [0.3, 0.4) is 0 Å². The zero-order valence-corrected chi connectivity index (χ0v) is 5.68. The van der Waals surface area contributed by atoms with Crippen molar-refractivity contribution in [3.63, 3.8) is 0 Å². The summed E-state index contributed by atoms with van der Waals surface area (Å²) in [5.41, 5.74) is 0. The Morgan fingerprint density at radius 3 is 1.30 bits per heavy atom. The predicted molar refractivity (Wildman–Crippen MR) is 32.9 cm³/mol. The lowest BCUT2D eigenvalue weighted by Gasteiger charge is -2.03. The summed E-state index contributed by atoms with van der Waals surface area (Å²) >= 11 is 0. The summed E-state index contributed by atoms with van der Waals surface area (Å²) in [6.07, 6.45) is 0. The maximum atomic E-state index is 9.95. The lowest BCUT2D eigenvalue weighted by molar-refractivity contribution is -0.611. The number of rotatable bonds is 3. The van der Waals surface area contributed by atoms with Crippen LogP contribution in [0.5, 0.6) is 0 Å². The van der Waals surface area contributed by atoms with Crippen LogP contribution in [-0.4, -0.2) is 21.9 Å². The van der Waals surface area contributed by atoms with Crippen molar-refractivity contribution in [3.05, 3.63) is 20.2 Å². The second-order valence-electron chi connectivity index (χ2n) is 2.05. The third kappa shape index (κ3) is 1.96. The minimum Gasteiger partial charge on any atom is -0.264 e. The quantitative estimate of drug-likeness (QED) is 0.426. The van der Waals surface area contributed by atoms with Crippen LogP contribution >= 0.6 is 0 Å². The topological polar surface area (TPSA) is 86.3 Å². The Labute approximate surface area is 57.1 Å². The Bertz CT molecular complexity index is 139. The van der Waals surface area contributed by atoms with Crippen molar-refractivity contribution >= 4 is 0 Å². The van der Waals surface area contributed by atoms with E-state index in [0.717, 1.165) is 0 Å². The standard InChI is InChI=1S/C4H8N2O4/c1-3(5(7)8)4(2)6(9)10/h3-4H,1-2H3. The molecule has 0 N–H and O–H groups in total. The molecular formula is C4H8N2O4. The van der Waals surface area contributed by atoms with E-state index in [1.165, 1.54) is 13.8 Å². The molecule has 0 fully saturated rings. The van der Waals surface area contributed by atoms with E-state index < -0.39 is 21.9 Å². The molecule has 0 spiro atoms. The SMILES string of the molecule is CC(C(C)[N+](=O)[O-])[N+](=O)[O-]. The van der Waals surface area contributed by atoms with Gasteiger partial charge in [-0.25, -0.2) is 0 Å². The third-order valence-electron chi connectivity index (χ3n) is 1.36. The summed E-state index contributed by atoms with van der Waals surface area (Å²) in [5.74, 6) is 0. The van der Waals surface area contributed by atoms with Gasteiger partial charge in [0.1, 0.15) is 0 Å². The van der Waals surface area contributed by atoms with Gasteiger partial charge in [0.05, 0.1) is 0 Å². The Balaban J connectivity index is 4.07. The Morgan fingerprint density at radius 2 is 1.20 bits per heavy atom. The molecular weight excluding hydrogens is 140 g/mol. The first-order valence-electron chi connectivity index (χ1n) is 2.73. The normalized spacial score (nSPS) is 15.8. The van der Waals surface area contributed by atoms with Gasteiger partial charge in [0.15, 0.2) is 0 Å². The van der Waals surface area contributed by atoms with Gasteiger partial charge >= 0.3 is 0 Å². The smallest absolute Gasteiger partial charge is 0.264 e. The van der Waals surface area contributed by atoms with Crippen molar-refractivity contribution in [2.45, 2.75) is 25.9 Å². The Morgan fingerprint density at radius 1 is 1.00 bits per heavy atom. The van der Waals surface area contributed by atoms with Gasteiger partial charge in [-0.2, -0.15) is 0 Å². The maximum Gasteiger partial charge on any atom is 0.275 e. The molecule has 0 aromatic carbocycles. The van der Waals surface area contributed by atoms with E-state index >= 15 is 0 Å². The summed E-state index contributed by atoms with van der Waals surface area (Å²) < 4.78 is 0.